The molecule has 0 aliphatic carbocycles. The average Bonchev–Trinajstić information content (AvgIpc) is 3.37. The van der Waals surface area contributed by atoms with Gasteiger partial charge < -0.3 is 9.73 Å². The number of fused-ring (bicyclic) bond motifs is 1. The third kappa shape index (κ3) is 4.76. The highest BCUT2D eigenvalue weighted by Crippen LogP contribution is 2.34. The Kier molecular flexibility index (Phi) is 6.10. The molecule has 0 saturated heterocycles. The van der Waals surface area contributed by atoms with E-state index in [-0.39, 0.29) is 17.2 Å². The number of carbonyl (C=O) groups excluding carboxylic acids is 1. The zero-order valence-corrected chi connectivity index (χ0v) is 17.6. The molecule has 1 aliphatic rings. The van der Waals surface area contributed by atoms with Crippen molar-refractivity contribution in [1.82, 2.24) is 14.9 Å². The van der Waals surface area contributed by atoms with Gasteiger partial charge in [0.25, 0.3) is 5.56 Å². The van der Waals surface area contributed by atoms with E-state index in [1.165, 1.54) is 11.8 Å². The van der Waals surface area contributed by atoms with E-state index in [0.29, 0.717) is 29.3 Å². The Labute approximate surface area is 177 Å². The maximum absolute atomic E-state index is 13.1. The summed E-state index contributed by atoms with van der Waals surface area (Å²) in [6.45, 7) is 2.88. The van der Waals surface area contributed by atoms with Crippen LogP contribution in [0.4, 0.5) is 0 Å². The van der Waals surface area contributed by atoms with Crippen LogP contribution in [0.3, 0.4) is 0 Å². The van der Waals surface area contributed by atoms with E-state index in [1.54, 1.807) is 28.7 Å². The Balaban J connectivity index is 1.53. The van der Waals surface area contributed by atoms with Crippen LogP contribution in [-0.2, 0) is 24.3 Å². The first-order chi connectivity index (χ1) is 14.1. The maximum atomic E-state index is 13.1. The smallest absolute Gasteiger partial charge is 0.268 e. The van der Waals surface area contributed by atoms with E-state index in [2.05, 4.69) is 12.2 Å². The van der Waals surface area contributed by atoms with Gasteiger partial charge in [-0.3, -0.25) is 14.2 Å². The zero-order valence-electron chi connectivity index (χ0n) is 16.0. The number of thioether (sulfide) groups is 2. The van der Waals surface area contributed by atoms with E-state index >= 15 is 0 Å². The number of aromatic nitrogens is 2. The number of hydrogen-bond donors (Lipinski definition) is 1. The molecule has 6 nitrogen and oxygen atoms in total. The number of carbonyl (C=O) groups is 1. The summed E-state index contributed by atoms with van der Waals surface area (Å²) in [6.07, 6.45) is 2.35. The normalized spacial score (nSPS) is 15.3. The molecule has 0 bridgehead atoms. The van der Waals surface area contributed by atoms with Crippen LogP contribution in [0, 0.1) is 0 Å². The fourth-order valence-electron chi connectivity index (χ4n) is 3.13. The molecule has 3 heterocycles. The van der Waals surface area contributed by atoms with Gasteiger partial charge >= 0.3 is 0 Å². The molecule has 0 radical (unpaired) electrons. The van der Waals surface area contributed by atoms with Gasteiger partial charge in [-0.1, -0.05) is 49.0 Å². The fraction of sp³-hybridized carbons (Fsp3) is 0.286. The summed E-state index contributed by atoms with van der Waals surface area (Å²) in [5.74, 6) is 0.754. The summed E-state index contributed by atoms with van der Waals surface area (Å²) in [5, 5.41) is 3.75. The second-order valence-corrected chi connectivity index (χ2v) is 9.22. The SMILES string of the molecule is C[C@H]1Cc2nc(SCC(=O)NCc3ccco3)n(Cc3ccccc3)c(=O)c2S1. The first-order valence-corrected chi connectivity index (χ1v) is 11.2. The van der Waals surface area contributed by atoms with Gasteiger partial charge in [0.2, 0.25) is 5.91 Å². The molecule has 0 unspecified atom stereocenters. The van der Waals surface area contributed by atoms with E-state index in [0.717, 1.165) is 22.6 Å². The Hall–Kier alpha value is -2.45. The molecule has 4 rings (SSSR count). The highest BCUT2D eigenvalue weighted by atomic mass is 32.2. The van der Waals surface area contributed by atoms with Crippen LogP contribution >= 0.6 is 23.5 Å². The quantitative estimate of drug-likeness (QED) is 0.460. The molecule has 0 spiro atoms. The Morgan fingerprint density at radius 3 is 2.90 bits per heavy atom. The van der Waals surface area contributed by atoms with Crippen molar-refractivity contribution in [3.63, 3.8) is 0 Å². The van der Waals surface area contributed by atoms with Crippen LogP contribution in [0.25, 0.3) is 0 Å². The molecular formula is C21H21N3O3S2. The topological polar surface area (TPSA) is 77.1 Å². The lowest BCUT2D eigenvalue weighted by molar-refractivity contribution is -0.118. The summed E-state index contributed by atoms with van der Waals surface area (Å²) in [6, 6.07) is 13.4. The standard InChI is InChI=1S/C21H21N3O3S2/c1-14-10-17-19(29-14)20(26)24(12-15-6-3-2-4-7-15)21(23-17)28-13-18(25)22-11-16-8-5-9-27-16/h2-9,14H,10-13H2,1H3,(H,22,25)/t14-/m0/s1. The van der Waals surface area contributed by atoms with Crippen molar-refractivity contribution in [2.75, 3.05) is 5.75 Å². The molecule has 1 aromatic carbocycles. The summed E-state index contributed by atoms with van der Waals surface area (Å²) in [5.41, 5.74) is 1.85. The molecule has 8 heteroatoms. The van der Waals surface area contributed by atoms with Gasteiger partial charge in [0.15, 0.2) is 5.16 Å². The summed E-state index contributed by atoms with van der Waals surface area (Å²) < 4.78 is 6.91. The highest BCUT2D eigenvalue weighted by Gasteiger charge is 2.26. The Morgan fingerprint density at radius 2 is 2.14 bits per heavy atom. The zero-order chi connectivity index (χ0) is 20.2. The maximum Gasteiger partial charge on any atom is 0.268 e. The van der Waals surface area contributed by atoms with Crippen LogP contribution in [-0.4, -0.2) is 26.5 Å². The molecule has 0 fully saturated rings. The largest absolute Gasteiger partial charge is 0.467 e. The molecule has 1 amide bonds. The highest BCUT2D eigenvalue weighted by molar-refractivity contribution is 8.00. The van der Waals surface area contributed by atoms with Gasteiger partial charge in [-0.15, -0.1) is 11.8 Å². The van der Waals surface area contributed by atoms with E-state index in [1.807, 2.05) is 36.4 Å². The van der Waals surface area contributed by atoms with Crippen molar-refractivity contribution < 1.29 is 9.21 Å². The second kappa shape index (κ2) is 8.92. The number of rotatable bonds is 7. The van der Waals surface area contributed by atoms with Crippen LogP contribution in [0.15, 0.2) is 68.0 Å². The lowest BCUT2D eigenvalue weighted by atomic mass is 10.2. The lowest BCUT2D eigenvalue weighted by Crippen LogP contribution is -2.28. The van der Waals surface area contributed by atoms with Gasteiger partial charge in [0.05, 0.1) is 35.7 Å². The third-order valence-electron chi connectivity index (χ3n) is 4.52. The summed E-state index contributed by atoms with van der Waals surface area (Å²) >= 11 is 2.88. The molecule has 2 aromatic heterocycles. The van der Waals surface area contributed by atoms with Gasteiger partial charge in [-0.05, 0) is 17.7 Å². The number of benzene rings is 1. The number of nitrogens with one attached hydrogen (secondary N) is 1. The van der Waals surface area contributed by atoms with Crippen molar-refractivity contribution in [3.05, 3.63) is 76.1 Å². The van der Waals surface area contributed by atoms with Crippen molar-refractivity contribution in [2.24, 2.45) is 0 Å². The van der Waals surface area contributed by atoms with Crippen molar-refractivity contribution in [3.8, 4) is 0 Å². The minimum Gasteiger partial charge on any atom is -0.467 e. The third-order valence-corrected chi connectivity index (χ3v) is 6.71. The number of hydrogen-bond acceptors (Lipinski definition) is 6. The number of amides is 1. The molecule has 1 aliphatic heterocycles. The molecular weight excluding hydrogens is 406 g/mol. The van der Waals surface area contributed by atoms with Crippen LogP contribution < -0.4 is 10.9 Å². The average molecular weight is 428 g/mol. The second-order valence-electron chi connectivity index (χ2n) is 6.82. The summed E-state index contributed by atoms with van der Waals surface area (Å²) in [7, 11) is 0. The number of nitrogens with zero attached hydrogens (tertiary/aromatic N) is 2. The fourth-order valence-corrected chi connectivity index (χ4v) is 5.09. The lowest BCUT2D eigenvalue weighted by Gasteiger charge is -2.13. The predicted molar refractivity (Wildman–Crippen MR) is 114 cm³/mol. The van der Waals surface area contributed by atoms with E-state index in [9.17, 15) is 9.59 Å². The minimum atomic E-state index is -0.129. The summed E-state index contributed by atoms with van der Waals surface area (Å²) in [4.78, 5) is 30.9. The molecule has 1 N–H and O–H groups in total. The minimum absolute atomic E-state index is 0.0216. The van der Waals surface area contributed by atoms with Crippen molar-refractivity contribution >= 4 is 29.4 Å². The van der Waals surface area contributed by atoms with Gasteiger partial charge in [0, 0.05) is 11.7 Å². The van der Waals surface area contributed by atoms with E-state index < -0.39 is 0 Å². The molecule has 1 atom stereocenters. The molecule has 29 heavy (non-hydrogen) atoms. The van der Waals surface area contributed by atoms with Crippen molar-refractivity contribution in [1.29, 1.82) is 0 Å². The van der Waals surface area contributed by atoms with Crippen LogP contribution in [0.1, 0.15) is 23.9 Å². The monoisotopic (exact) mass is 427 g/mol. The number of furan rings is 1. The molecule has 150 valence electrons. The van der Waals surface area contributed by atoms with Gasteiger partial charge in [0.1, 0.15) is 5.76 Å². The van der Waals surface area contributed by atoms with Gasteiger partial charge in [-0.2, -0.15) is 0 Å². The first kappa shape index (κ1) is 19.8. The Bertz CT molecular complexity index is 1050. The molecule has 0 saturated carbocycles. The van der Waals surface area contributed by atoms with Crippen LogP contribution in [0.5, 0.6) is 0 Å². The van der Waals surface area contributed by atoms with Crippen LogP contribution in [0.2, 0.25) is 0 Å². The van der Waals surface area contributed by atoms with Crippen molar-refractivity contribution in [2.45, 2.75) is 41.7 Å². The predicted octanol–water partition coefficient (Wildman–Crippen LogP) is 3.33. The molecule has 3 aromatic rings. The van der Waals surface area contributed by atoms with E-state index in [4.69, 9.17) is 9.40 Å². The Morgan fingerprint density at radius 1 is 1.31 bits per heavy atom. The van der Waals surface area contributed by atoms with Gasteiger partial charge in [-0.25, -0.2) is 4.98 Å². The first-order valence-electron chi connectivity index (χ1n) is 9.36.